The number of carbonyl (C=O) groups excluding carboxylic acids is 2. The number of halogens is 3. The highest BCUT2D eigenvalue weighted by Gasteiger charge is 2.35. The molecule has 0 unspecified atom stereocenters. The second-order valence-electron chi connectivity index (χ2n) is 10.4. The van der Waals surface area contributed by atoms with Crippen LogP contribution in [0.1, 0.15) is 25.0 Å². The van der Waals surface area contributed by atoms with Crippen LogP contribution in [0.4, 0.5) is 5.69 Å². The van der Waals surface area contributed by atoms with Gasteiger partial charge in [-0.15, -0.1) is 0 Å². The average molecular weight is 673 g/mol. The van der Waals surface area contributed by atoms with Gasteiger partial charge in [0.05, 0.1) is 15.6 Å². The van der Waals surface area contributed by atoms with Gasteiger partial charge in [-0.3, -0.25) is 13.9 Å². The van der Waals surface area contributed by atoms with E-state index in [1.807, 2.05) is 44.2 Å². The second-order valence-corrected chi connectivity index (χ2v) is 13.5. The number of anilines is 1. The molecule has 4 aromatic carbocycles. The summed E-state index contributed by atoms with van der Waals surface area (Å²) in [4.78, 5) is 29.5. The number of carbonyl (C=O) groups is 2. The molecule has 0 aliphatic carbocycles. The van der Waals surface area contributed by atoms with Crippen LogP contribution in [0.25, 0.3) is 0 Å². The Bertz CT molecular complexity index is 1700. The van der Waals surface area contributed by atoms with Crippen molar-refractivity contribution in [2.24, 2.45) is 0 Å². The van der Waals surface area contributed by atoms with Crippen molar-refractivity contribution in [1.82, 2.24) is 10.2 Å². The fraction of sp³-hybridized carbons (Fsp3) is 0.212. The number of sulfonamides is 1. The molecule has 0 fully saturated rings. The quantitative estimate of drug-likeness (QED) is 0.176. The third-order valence-electron chi connectivity index (χ3n) is 6.79. The van der Waals surface area contributed by atoms with Gasteiger partial charge >= 0.3 is 0 Å². The van der Waals surface area contributed by atoms with Crippen LogP contribution >= 0.6 is 34.8 Å². The summed E-state index contributed by atoms with van der Waals surface area (Å²) in [5.74, 6) is -1.03. The summed E-state index contributed by atoms with van der Waals surface area (Å²) in [7, 11) is -4.31. The SMILES string of the molecule is CC(C)NC(=O)[C@@H](Cc1ccccc1)N(Cc1ccccc1Cl)C(=O)CN(c1cc(Cl)ccc1Cl)S(=O)(=O)c1ccccc1. The number of hydrogen-bond acceptors (Lipinski definition) is 4. The van der Waals surface area contributed by atoms with E-state index in [4.69, 9.17) is 34.8 Å². The Morgan fingerprint density at radius 2 is 1.41 bits per heavy atom. The minimum Gasteiger partial charge on any atom is -0.352 e. The standard InChI is InChI=1S/C33H32Cl3N3O4S/c1-23(2)37-33(41)31(19-24-11-5-3-6-12-24)38(21-25-13-9-10-16-28(25)35)32(40)22-39(30-20-26(34)17-18-29(30)36)44(42,43)27-14-7-4-8-15-27/h3-18,20,23,31H,19,21-22H2,1-2H3,(H,37,41)/t31-/m1/s1. The van der Waals surface area contributed by atoms with E-state index in [2.05, 4.69) is 5.32 Å². The van der Waals surface area contributed by atoms with Crippen molar-refractivity contribution in [3.8, 4) is 0 Å². The first-order chi connectivity index (χ1) is 21.0. The smallest absolute Gasteiger partial charge is 0.264 e. The van der Waals surface area contributed by atoms with E-state index >= 15 is 0 Å². The van der Waals surface area contributed by atoms with E-state index < -0.39 is 28.5 Å². The molecule has 4 aromatic rings. The number of rotatable bonds is 12. The first kappa shape index (κ1) is 33.3. The highest BCUT2D eigenvalue weighted by atomic mass is 35.5. The predicted molar refractivity (Wildman–Crippen MR) is 177 cm³/mol. The molecule has 0 bridgehead atoms. The molecule has 0 heterocycles. The molecule has 230 valence electrons. The fourth-order valence-corrected chi connectivity index (χ4v) is 6.73. The van der Waals surface area contributed by atoms with Gasteiger partial charge in [0.25, 0.3) is 10.0 Å². The van der Waals surface area contributed by atoms with Crippen molar-refractivity contribution in [2.75, 3.05) is 10.8 Å². The molecule has 0 saturated heterocycles. The zero-order valence-corrected chi connectivity index (χ0v) is 27.2. The number of hydrogen-bond donors (Lipinski definition) is 1. The van der Waals surface area contributed by atoms with E-state index in [1.165, 1.54) is 35.2 Å². The topological polar surface area (TPSA) is 86.8 Å². The minimum atomic E-state index is -4.31. The van der Waals surface area contributed by atoms with Gasteiger partial charge in [-0.1, -0.05) is 102 Å². The molecule has 0 aromatic heterocycles. The lowest BCUT2D eigenvalue weighted by Crippen LogP contribution is -2.54. The fourth-order valence-electron chi connectivity index (χ4n) is 4.65. The van der Waals surface area contributed by atoms with E-state index in [-0.39, 0.29) is 45.5 Å². The summed E-state index contributed by atoms with van der Waals surface area (Å²) >= 11 is 19.3. The van der Waals surface area contributed by atoms with Gasteiger partial charge in [-0.25, -0.2) is 8.42 Å². The van der Waals surface area contributed by atoms with Crippen LogP contribution < -0.4 is 9.62 Å². The molecular weight excluding hydrogens is 641 g/mol. The van der Waals surface area contributed by atoms with Crippen LogP contribution in [0.2, 0.25) is 15.1 Å². The molecular formula is C33H32Cl3N3O4S. The van der Waals surface area contributed by atoms with Crippen LogP contribution in [0.5, 0.6) is 0 Å². The lowest BCUT2D eigenvalue weighted by Gasteiger charge is -2.34. The van der Waals surface area contributed by atoms with E-state index in [9.17, 15) is 18.0 Å². The third-order valence-corrected chi connectivity index (χ3v) is 9.48. The van der Waals surface area contributed by atoms with Crippen LogP contribution in [-0.4, -0.2) is 43.8 Å². The lowest BCUT2D eigenvalue weighted by atomic mass is 10.0. The van der Waals surface area contributed by atoms with Gasteiger partial charge in [0.2, 0.25) is 11.8 Å². The zero-order chi connectivity index (χ0) is 31.9. The first-order valence-corrected chi connectivity index (χ1v) is 16.4. The summed E-state index contributed by atoms with van der Waals surface area (Å²) < 4.78 is 29.0. The molecule has 11 heteroatoms. The molecule has 1 atom stereocenters. The molecule has 1 N–H and O–H groups in total. The molecule has 0 radical (unpaired) electrons. The van der Waals surface area contributed by atoms with Crippen LogP contribution in [0.3, 0.4) is 0 Å². The maximum atomic E-state index is 14.5. The van der Waals surface area contributed by atoms with Gasteiger partial charge in [0.1, 0.15) is 12.6 Å². The number of nitrogens with one attached hydrogen (secondary N) is 1. The first-order valence-electron chi connectivity index (χ1n) is 13.9. The third kappa shape index (κ3) is 8.33. The van der Waals surface area contributed by atoms with Crippen molar-refractivity contribution in [2.45, 2.75) is 43.8 Å². The monoisotopic (exact) mass is 671 g/mol. The summed E-state index contributed by atoms with van der Waals surface area (Å²) in [6.07, 6.45) is 0.180. The van der Waals surface area contributed by atoms with Crippen molar-refractivity contribution in [3.63, 3.8) is 0 Å². The van der Waals surface area contributed by atoms with Gasteiger partial charge in [-0.05, 0) is 61.4 Å². The van der Waals surface area contributed by atoms with Gasteiger partial charge in [-0.2, -0.15) is 0 Å². The summed E-state index contributed by atoms with van der Waals surface area (Å²) in [6, 6.07) is 27.2. The van der Waals surface area contributed by atoms with Crippen molar-refractivity contribution in [1.29, 1.82) is 0 Å². The molecule has 0 aliphatic heterocycles. The molecule has 2 amide bonds. The summed E-state index contributed by atoms with van der Waals surface area (Å²) in [6.45, 7) is 2.94. The predicted octanol–water partition coefficient (Wildman–Crippen LogP) is 7.01. The van der Waals surface area contributed by atoms with E-state index in [0.29, 0.717) is 10.6 Å². The van der Waals surface area contributed by atoms with Crippen molar-refractivity contribution in [3.05, 3.63) is 129 Å². The molecule has 4 rings (SSSR count). The zero-order valence-electron chi connectivity index (χ0n) is 24.2. The molecule has 44 heavy (non-hydrogen) atoms. The van der Waals surface area contributed by atoms with Crippen molar-refractivity contribution >= 4 is 62.3 Å². The maximum absolute atomic E-state index is 14.5. The summed E-state index contributed by atoms with van der Waals surface area (Å²) in [5, 5.41) is 3.64. The number of nitrogens with zero attached hydrogens (tertiary/aromatic N) is 2. The normalized spacial score (nSPS) is 12.0. The Kier molecular flexibility index (Phi) is 11.3. The van der Waals surface area contributed by atoms with Crippen LogP contribution in [-0.2, 0) is 32.6 Å². The van der Waals surface area contributed by atoms with E-state index in [1.54, 1.807) is 42.5 Å². The van der Waals surface area contributed by atoms with Crippen molar-refractivity contribution < 1.29 is 18.0 Å². The highest BCUT2D eigenvalue weighted by molar-refractivity contribution is 7.92. The van der Waals surface area contributed by atoms with Crippen LogP contribution in [0, 0.1) is 0 Å². The number of benzene rings is 4. The highest BCUT2D eigenvalue weighted by Crippen LogP contribution is 2.33. The summed E-state index contributed by atoms with van der Waals surface area (Å²) in [5.41, 5.74) is 1.44. The largest absolute Gasteiger partial charge is 0.352 e. The lowest BCUT2D eigenvalue weighted by molar-refractivity contribution is -0.140. The molecule has 0 saturated carbocycles. The Balaban J connectivity index is 1.84. The Morgan fingerprint density at radius 3 is 2.05 bits per heavy atom. The molecule has 0 aliphatic rings. The Labute approximate surface area is 273 Å². The Hall–Kier alpha value is -3.56. The maximum Gasteiger partial charge on any atom is 0.264 e. The minimum absolute atomic E-state index is 0.0281. The Morgan fingerprint density at radius 1 is 0.795 bits per heavy atom. The van der Waals surface area contributed by atoms with Gasteiger partial charge in [0, 0.05) is 29.1 Å². The molecule has 0 spiro atoms. The van der Waals surface area contributed by atoms with E-state index in [0.717, 1.165) is 9.87 Å². The number of amides is 2. The average Bonchev–Trinajstić information content (AvgIpc) is 3.00. The van der Waals surface area contributed by atoms with Crippen LogP contribution in [0.15, 0.2) is 108 Å². The molecule has 7 nitrogen and oxygen atoms in total. The second kappa shape index (κ2) is 14.9. The van der Waals surface area contributed by atoms with Gasteiger partial charge in [0.15, 0.2) is 0 Å². The van der Waals surface area contributed by atoms with Gasteiger partial charge < -0.3 is 10.2 Å².